The normalized spacial score (nSPS) is 22.1. The Morgan fingerprint density at radius 3 is 2.87 bits per heavy atom. The number of hydrogen-bond acceptors (Lipinski definition) is 5. The smallest absolute Gasteiger partial charge is 0.228 e. The third kappa shape index (κ3) is 3.20. The lowest BCUT2D eigenvalue weighted by molar-refractivity contribution is -0.137. The van der Waals surface area contributed by atoms with Gasteiger partial charge in [-0.05, 0) is 25.0 Å². The van der Waals surface area contributed by atoms with Gasteiger partial charge in [-0.15, -0.1) is 0 Å². The first-order chi connectivity index (χ1) is 14.6. The first-order valence-electron chi connectivity index (χ1n) is 10.1. The number of amides is 2. The number of halogens is 1. The lowest BCUT2D eigenvalue weighted by Gasteiger charge is -2.33. The van der Waals surface area contributed by atoms with Crippen LogP contribution in [0.3, 0.4) is 0 Å². The summed E-state index contributed by atoms with van der Waals surface area (Å²) in [5.41, 5.74) is 2.43. The van der Waals surface area contributed by atoms with E-state index < -0.39 is 11.7 Å². The molecule has 0 radical (unpaired) electrons. The van der Waals surface area contributed by atoms with Crippen molar-refractivity contribution in [2.75, 3.05) is 24.5 Å². The van der Waals surface area contributed by atoms with Gasteiger partial charge in [0.25, 0.3) is 0 Å². The summed E-state index contributed by atoms with van der Waals surface area (Å²) in [5.74, 6) is -1.11. The van der Waals surface area contributed by atoms with Gasteiger partial charge in [-0.2, -0.15) is 5.10 Å². The minimum absolute atomic E-state index is 0.0539. The Balaban J connectivity index is 1.32. The number of nitrogens with one attached hydrogen (secondary N) is 1. The predicted molar refractivity (Wildman–Crippen MR) is 107 cm³/mol. The van der Waals surface area contributed by atoms with Crippen molar-refractivity contribution >= 4 is 28.7 Å². The number of para-hydroxylation sites is 1. The minimum Gasteiger partial charge on any atom is -0.342 e. The van der Waals surface area contributed by atoms with Crippen molar-refractivity contribution in [1.82, 2.24) is 25.1 Å². The number of nitrogens with zero attached hydrogens (tertiary/aromatic N) is 5. The van der Waals surface area contributed by atoms with Crippen LogP contribution in [0.2, 0.25) is 0 Å². The fourth-order valence-electron chi connectivity index (χ4n) is 4.50. The summed E-state index contributed by atoms with van der Waals surface area (Å²) in [6.07, 6.45) is 5.11. The van der Waals surface area contributed by atoms with Crippen molar-refractivity contribution in [2.24, 2.45) is 5.92 Å². The average Bonchev–Trinajstić information content (AvgIpc) is 3.37. The first-order valence-corrected chi connectivity index (χ1v) is 10.1. The van der Waals surface area contributed by atoms with Crippen molar-refractivity contribution in [3.8, 4) is 0 Å². The van der Waals surface area contributed by atoms with E-state index in [2.05, 4.69) is 20.2 Å². The standard InChI is InChI=1S/C21H21FN6O2/c22-15-5-1-2-6-16(15)28-12-14(10-17(28)29)21(30)27-9-3-4-13(11-27)18-19-20(26-25-18)24-8-7-23-19/h1-2,5-8,13-14H,3-4,9-12H2,(H,24,25,26)/t13-,14+/m0/s1. The van der Waals surface area contributed by atoms with E-state index >= 15 is 0 Å². The Morgan fingerprint density at radius 2 is 2.00 bits per heavy atom. The van der Waals surface area contributed by atoms with Crippen LogP contribution in [0.4, 0.5) is 10.1 Å². The molecule has 0 unspecified atom stereocenters. The Bertz CT molecular complexity index is 1120. The molecule has 4 heterocycles. The lowest BCUT2D eigenvalue weighted by Crippen LogP contribution is -2.43. The van der Waals surface area contributed by atoms with Gasteiger partial charge in [0.2, 0.25) is 11.8 Å². The topological polar surface area (TPSA) is 95.1 Å². The molecule has 2 amide bonds. The Hall–Kier alpha value is -3.36. The van der Waals surface area contributed by atoms with Crippen LogP contribution in [0.25, 0.3) is 11.2 Å². The van der Waals surface area contributed by atoms with Crippen molar-refractivity contribution in [2.45, 2.75) is 25.2 Å². The van der Waals surface area contributed by atoms with Gasteiger partial charge in [-0.25, -0.2) is 14.4 Å². The number of aromatic amines is 1. The summed E-state index contributed by atoms with van der Waals surface area (Å²) in [6.45, 7) is 1.40. The third-order valence-corrected chi connectivity index (χ3v) is 5.98. The molecule has 0 bridgehead atoms. The SMILES string of the molecule is O=C([C@@H]1CC(=O)N(c2ccccc2F)C1)N1CCC[C@H](c2[nH]nc3nccnc23)C1. The van der Waals surface area contributed by atoms with E-state index in [1.807, 2.05) is 4.90 Å². The van der Waals surface area contributed by atoms with Crippen molar-refractivity contribution in [1.29, 1.82) is 0 Å². The predicted octanol–water partition coefficient (Wildman–Crippen LogP) is 2.25. The van der Waals surface area contributed by atoms with Crippen molar-refractivity contribution in [3.63, 3.8) is 0 Å². The maximum absolute atomic E-state index is 14.1. The monoisotopic (exact) mass is 408 g/mol. The Kier molecular flexibility index (Phi) is 4.65. The largest absolute Gasteiger partial charge is 0.342 e. The number of rotatable bonds is 3. The van der Waals surface area contributed by atoms with Gasteiger partial charge in [0.05, 0.1) is 17.3 Å². The molecule has 0 spiro atoms. The first kappa shape index (κ1) is 18.7. The van der Waals surface area contributed by atoms with E-state index in [4.69, 9.17) is 0 Å². The lowest BCUT2D eigenvalue weighted by atomic mass is 9.93. The number of carbonyl (C=O) groups excluding carboxylic acids is 2. The van der Waals surface area contributed by atoms with Gasteiger partial charge in [-0.1, -0.05) is 12.1 Å². The van der Waals surface area contributed by atoms with E-state index in [1.165, 1.54) is 11.0 Å². The summed E-state index contributed by atoms with van der Waals surface area (Å²) < 4.78 is 14.1. The summed E-state index contributed by atoms with van der Waals surface area (Å²) in [7, 11) is 0. The van der Waals surface area contributed by atoms with Gasteiger partial charge in [-0.3, -0.25) is 14.7 Å². The molecule has 1 aromatic carbocycles. The maximum atomic E-state index is 14.1. The average molecular weight is 408 g/mol. The highest BCUT2D eigenvalue weighted by Gasteiger charge is 2.39. The van der Waals surface area contributed by atoms with E-state index in [0.717, 1.165) is 24.1 Å². The molecule has 2 aromatic heterocycles. The van der Waals surface area contributed by atoms with Crippen LogP contribution in [0, 0.1) is 11.7 Å². The van der Waals surface area contributed by atoms with Gasteiger partial charge in [0.15, 0.2) is 5.65 Å². The number of carbonyl (C=O) groups is 2. The molecule has 0 aliphatic carbocycles. The Morgan fingerprint density at radius 1 is 1.17 bits per heavy atom. The number of benzene rings is 1. The molecule has 1 N–H and O–H groups in total. The second-order valence-electron chi connectivity index (χ2n) is 7.85. The van der Waals surface area contributed by atoms with E-state index in [1.54, 1.807) is 30.6 Å². The molecule has 8 nitrogen and oxygen atoms in total. The van der Waals surface area contributed by atoms with E-state index in [-0.39, 0.29) is 36.4 Å². The number of fused-ring (bicyclic) bond motifs is 1. The van der Waals surface area contributed by atoms with E-state index in [0.29, 0.717) is 18.7 Å². The molecule has 2 aliphatic heterocycles. The van der Waals surface area contributed by atoms with Crippen LogP contribution < -0.4 is 4.90 Å². The highest BCUT2D eigenvalue weighted by molar-refractivity contribution is 6.00. The number of aromatic nitrogens is 4. The van der Waals surface area contributed by atoms with Crippen LogP contribution in [0.1, 0.15) is 30.9 Å². The zero-order valence-electron chi connectivity index (χ0n) is 16.3. The zero-order valence-corrected chi connectivity index (χ0v) is 16.3. The molecule has 0 saturated carbocycles. The fourth-order valence-corrected chi connectivity index (χ4v) is 4.50. The van der Waals surface area contributed by atoms with Crippen molar-refractivity contribution < 1.29 is 14.0 Å². The minimum atomic E-state index is -0.464. The van der Waals surface area contributed by atoms with Crippen LogP contribution >= 0.6 is 0 Å². The molecule has 154 valence electrons. The van der Waals surface area contributed by atoms with Gasteiger partial charge >= 0.3 is 0 Å². The molecule has 2 aliphatic rings. The number of anilines is 1. The molecule has 9 heteroatoms. The highest BCUT2D eigenvalue weighted by atomic mass is 19.1. The quantitative estimate of drug-likeness (QED) is 0.717. The number of likely N-dealkylation sites (tertiary alicyclic amines) is 1. The van der Waals surface area contributed by atoms with Crippen molar-refractivity contribution in [3.05, 3.63) is 48.2 Å². The third-order valence-electron chi connectivity index (χ3n) is 5.98. The Labute approximate surface area is 172 Å². The maximum Gasteiger partial charge on any atom is 0.228 e. The molecular formula is C21H21FN6O2. The summed E-state index contributed by atoms with van der Waals surface area (Å²) in [4.78, 5) is 37.5. The molecule has 2 atom stereocenters. The van der Waals surface area contributed by atoms with Gasteiger partial charge in [0, 0.05) is 44.4 Å². The molecular weight excluding hydrogens is 387 g/mol. The number of hydrogen-bond donors (Lipinski definition) is 1. The summed E-state index contributed by atoms with van der Waals surface area (Å²) >= 11 is 0. The molecule has 3 aromatic rings. The molecule has 2 saturated heterocycles. The van der Waals surface area contributed by atoms with Crippen LogP contribution in [0.15, 0.2) is 36.7 Å². The molecule has 30 heavy (non-hydrogen) atoms. The van der Waals surface area contributed by atoms with Crippen LogP contribution in [-0.4, -0.2) is 56.5 Å². The second kappa shape index (κ2) is 7.47. The van der Waals surface area contributed by atoms with E-state index in [9.17, 15) is 14.0 Å². The van der Waals surface area contributed by atoms with Crippen LogP contribution in [-0.2, 0) is 9.59 Å². The molecule has 5 rings (SSSR count). The summed E-state index contributed by atoms with van der Waals surface area (Å²) in [6, 6.07) is 6.17. The van der Waals surface area contributed by atoms with Gasteiger partial charge < -0.3 is 9.80 Å². The zero-order chi connectivity index (χ0) is 20.7. The molecule has 2 fully saturated rings. The summed E-state index contributed by atoms with van der Waals surface area (Å²) in [5, 5.41) is 7.25. The fraction of sp³-hybridized carbons (Fsp3) is 0.381. The highest BCUT2D eigenvalue weighted by Crippen LogP contribution is 2.32. The van der Waals surface area contributed by atoms with Gasteiger partial charge in [0.1, 0.15) is 11.3 Å². The number of piperidine rings is 1. The van der Waals surface area contributed by atoms with Crippen LogP contribution in [0.5, 0.6) is 0 Å². The second-order valence-corrected chi connectivity index (χ2v) is 7.85. The number of H-pyrrole nitrogens is 1.